The van der Waals surface area contributed by atoms with Crippen LogP contribution < -0.4 is 15.4 Å². The topological polar surface area (TPSA) is 63.5 Å². The van der Waals surface area contributed by atoms with Gasteiger partial charge in [0.25, 0.3) is 0 Å². The molecule has 0 saturated carbocycles. The molecule has 28 heavy (non-hydrogen) atoms. The van der Waals surface area contributed by atoms with Crippen molar-refractivity contribution < 1.29 is 4.74 Å². The van der Waals surface area contributed by atoms with Gasteiger partial charge in [-0.2, -0.15) is 5.10 Å². The molecule has 6 nitrogen and oxygen atoms in total. The molecule has 146 valence electrons. The van der Waals surface area contributed by atoms with Gasteiger partial charge >= 0.3 is 0 Å². The smallest absolute Gasteiger partial charge is 0.191 e. The summed E-state index contributed by atoms with van der Waals surface area (Å²) in [6, 6.07) is 16.3. The average Bonchev–Trinajstić information content (AvgIpc) is 3.20. The number of aromatic nitrogens is 2. The zero-order valence-electron chi connectivity index (χ0n) is 16.6. The van der Waals surface area contributed by atoms with Gasteiger partial charge in [0.15, 0.2) is 5.96 Å². The van der Waals surface area contributed by atoms with Gasteiger partial charge in [0, 0.05) is 31.9 Å². The van der Waals surface area contributed by atoms with Crippen molar-refractivity contribution in [1.82, 2.24) is 20.4 Å². The van der Waals surface area contributed by atoms with E-state index in [9.17, 15) is 0 Å². The lowest BCUT2D eigenvalue weighted by Crippen LogP contribution is -2.37. The van der Waals surface area contributed by atoms with Crippen molar-refractivity contribution in [3.05, 3.63) is 77.6 Å². The number of aliphatic imine (C=N–C) groups is 1. The maximum atomic E-state index is 5.46. The van der Waals surface area contributed by atoms with Gasteiger partial charge in [0.2, 0.25) is 0 Å². The fraction of sp³-hybridized carbons (Fsp3) is 0.273. The SMILES string of the molecule is CN=C(NCCc1cnn(-c2ccccc2)c1)NCc1ccc(C)cc1OC. The van der Waals surface area contributed by atoms with Crippen molar-refractivity contribution in [2.75, 3.05) is 20.7 Å². The van der Waals surface area contributed by atoms with Crippen molar-refractivity contribution in [3.8, 4) is 11.4 Å². The lowest BCUT2D eigenvalue weighted by Gasteiger charge is -2.14. The van der Waals surface area contributed by atoms with Crippen LogP contribution in [0.2, 0.25) is 0 Å². The summed E-state index contributed by atoms with van der Waals surface area (Å²) in [4.78, 5) is 4.29. The Morgan fingerprint density at radius 3 is 2.71 bits per heavy atom. The molecule has 1 heterocycles. The molecule has 0 aliphatic heterocycles. The van der Waals surface area contributed by atoms with Crippen molar-refractivity contribution in [2.24, 2.45) is 4.99 Å². The Hall–Kier alpha value is -3.28. The predicted octanol–water partition coefficient (Wildman–Crippen LogP) is 3.10. The fourth-order valence-electron chi connectivity index (χ4n) is 2.93. The summed E-state index contributed by atoms with van der Waals surface area (Å²) in [5, 5.41) is 11.1. The zero-order chi connectivity index (χ0) is 19.8. The fourth-order valence-corrected chi connectivity index (χ4v) is 2.93. The van der Waals surface area contributed by atoms with Gasteiger partial charge in [-0.25, -0.2) is 4.68 Å². The average molecular weight is 377 g/mol. The summed E-state index contributed by atoms with van der Waals surface area (Å²) in [6.07, 6.45) is 4.83. The van der Waals surface area contributed by atoms with E-state index in [2.05, 4.69) is 46.0 Å². The molecule has 6 heteroatoms. The highest BCUT2D eigenvalue weighted by Gasteiger charge is 2.05. The van der Waals surface area contributed by atoms with Crippen LogP contribution in [0.25, 0.3) is 5.69 Å². The van der Waals surface area contributed by atoms with E-state index in [-0.39, 0.29) is 0 Å². The molecule has 3 rings (SSSR count). The van der Waals surface area contributed by atoms with Gasteiger partial charge in [-0.05, 0) is 42.7 Å². The molecule has 2 N–H and O–H groups in total. The molecular weight excluding hydrogens is 350 g/mol. The summed E-state index contributed by atoms with van der Waals surface area (Å²) < 4.78 is 7.36. The number of para-hydroxylation sites is 1. The van der Waals surface area contributed by atoms with Crippen molar-refractivity contribution in [3.63, 3.8) is 0 Å². The van der Waals surface area contributed by atoms with Crippen LogP contribution in [0.15, 0.2) is 65.9 Å². The van der Waals surface area contributed by atoms with Crippen LogP contribution in [-0.4, -0.2) is 36.4 Å². The highest BCUT2D eigenvalue weighted by atomic mass is 16.5. The second kappa shape index (κ2) is 9.60. The van der Waals surface area contributed by atoms with E-state index in [0.29, 0.717) is 6.54 Å². The third-order valence-electron chi connectivity index (χ3n) is 4.48. The van der Waals surface area contributed by atoms with Crippen LogP contribution in [0.4, 0.5) is 0 Å². The summed E-state index contributed by atoms with van der Waals surface area (Å²) >= 11 is 0. The van der Waals surface area contributed by atoms with E-state index < -0.39 is 0 Å². The molecule has 0 fully saturated rings. The Morgan fingerprint density at radius 2 is 1.96 bits per heavy atom. The number of hydrogen-bond acceptors (Lipinski definition) is 3. The molecule has 0 radical (unpaired) electrons. The molecule has 3 aromatic rings. The zero-order valence-corrected chi connectivity index (χ0v) is 16.6. The minimum absolute atomic E-state index is 0.648. The molecule has 0 unspecified atom stereocenters. The Morgan fingerprint density at radius 1 is 1.14 bits per heavy atom. The standard InChI is InChI=1S/C22H27N5O/c1-17-9-10-19(21(13-17)28-3)15-25-22(23-2)24-12-11-18-14-26-27(16-18)20-7-5-4-6-8-20/h4-10,13-14,16H,11-12,15H2,1-3H3,(H2,23,24,25). The highest BCUT2D eigenvalue weighted by molar-refractivity contribution is 5.79. The number of benzene rings is 2. The van der Waals surface area contributed by atoms with E-state index in [1.54, 1.807) is 14.2 Å². The Balaban J connectivity index is 1.49. The third kappa shape index (κ3) is 5.13. The number of methoxy groups -OCH3 is 1. The number of hydrogen-bond donors (Lipinski definition) is 2. The summed E-state index contributed by atoms with van der Waals surface area (Å²) in [6.45, 7) is 3.47. The normalized spacial score (nSPS) is 11.3. The largest absolute Gasteiger partial charge is 0.496 e. The van der Waals surface area contributed by atoms with Crippen molar-refractivity contribution in [2.45, 2.75) is 19.9 Å². The maximum Gasteiger partial charge on any atom is 0.191 e. The molecule has 0 spiro atoms. The van der Waals surface area contributed by atoms with Crippen LogP contribution in [0.3, 0.4) is 0 Å². The molecule has 0 aliphatic carbocycles. The first-order valence-corrected chi connectivity index (χ1v) is 9.36. The van der Waals surface area contributed by atoms with E-state index in [4.69, 9.17) is 4.74 Å². The summed E-state index contributed by atoms with van der Waals surface area (Å²) in [7, 11) is 3.47. The number of aryl methyl sites for hydroxylation is 1. The van der Waals surface area contributed by atoms with Crippen molar-refractivity contribution in [1.29, 1.82) is 0 Å². The molecule has 0 aliphatic rings. The molecule has 0 saturated heterocycles. The van der Waals surface area contributed by atoms with Gasteiger partial charge < -0.3 is 15.4 Å². The van der Waals surface area contributed by atoms with Crippen LogP contribution in [0.1, 0.15) is 16.7 Å². The van der Waals surface area contributed by atoms with Gasteiger partial charge in [-0.3, -0.25) is 4.99 Å². The Labute approximate surface area is 166 Å². The first kappa shape index (κ1) is 19.5. The first-order valence-electron chi connectivity index (χ1n) is 9.36. The van der Waals surface area contributed by atoms with E-state index in [0.717, 1.165) is 35.9 Å². The Kier molecular flexibility index (Phi) is 6.68. The van der Waals surface area contributed by atoms with Crippen LogP contribution in [0, 0.1) is 6.92 Å². The van der Waals surface area contributed by atoms with Gasteiger partial charge in [0.1, 0.15) is 5.75 Å². The van der Waals surface area contributed by atoms with Gasteiger partial charge in [-0.15, -0.1) is 0 Å². The van der Waals surface area contributed by atoms with E-state index in [1.165, 1.54) is 11.1 Å². The maximum absolute atomic E-state index is 5.46. The molecule has 0 amide bonds. The van der Waals surface area contributed by atoms with Gasteiger partial charge in [0.05, 0.1) is 19.0 Å². The minimum Gasteiger partial charge on any atom is -0.496 e. The molecule has 2 aromatic carbocycles. The second-order valence-corrected chi connectivity index (χ2v) is 6.55. The molecule has 0 bridgehead atoms. The van der Waals surface area contributed by atoms with Crippen LogP contribution >= 0.6 is 0 Å². The lowest BCUT2D eigenvalue weighted by atomic mass is 10.1. The summed E-state index contributed by atoms with van der Waals surface area (Å²) in [5.41, 5.74) is 4.51. The van der Waals surface area contributed by atoms with E-state index in [1.807, 2.05) is 47.3 Å². The Bertz CT molecular complexity index is 918. The first-order chi connectivity index (χ1) is 13.7. The minimum atomic E-state index is 0.648. The highest BCUT2D eigenvalue weighted by Crippen LogP contribution is 2.19. The monoisotopic (exact) mass is 377 g/mol. The molecule has 0 atom stereocenters. The van der Waals surface area contributed by atoms with Crippen LogP contribution in [0.5, 0.6) is 5.75 Å². The predicted molar refractivity (Wildman–Crippen MR) is 113 cm³/mol. The van der Waals surface area contributed by atoms with E-state index >= 15 is 0 Å². The molecular formula is C22H27N5O. The van der Waals surface area contributed by atoms with Crippen molar-refractivity contribution >= 4 is 5.96 Å². The second-order valence-electron chi connectivity index (χ2n) is 6.55. The van der Waals surface area contributed by atoms with Gasteiger partial charge in [-0.1, -0.05) is 30.3 Å². The number of nitrogens with zero attached hydrogens (tertiary/aromatic N) is 3. The van der Waals surface area contributed by atoms with Crippen LogP contribution in [-0.2, 0) is 13.0 Å². The molecule has 1 aromatic heterocycles. The number of ether oxygens (including phenoxy) is 1. The quantitative estimate of drug-likeness (QED) is 0.491. The number of rotatable bonds is 7. The lowest BCUT2D eigenvalue weighted by molar-refractivity contribution is 0.408. The third-order valence-corrected chi connectivity index (χ3v) is 4.48. The number of nitrogens with one attached hydrogen (secondary N) is 2. The summed E-state index contributed by atoms with van der Waals surface area (Å²) in [5.74, 6) is 1.65. The number of guanidine groups is 1.